The summed E-state index contributed by atoms with van der Waals surface area (Å²) in [5.74, 6) is -1.54. The summed E-state index contributed by atoms with van der Waals surface area (Å²) in [5, 5.41) is 0. The number of rotatable bonds is 4. The van der Waals surface area contributed by atoms with Gasteiger partial charge in [-0.25, -0.2) is 4.39 Å². The quantitative estimate of drug-likeness (QED) is 0.792. The van der Waals surface area contributed by atoms with E-state index in [2.05, 4.69) is 0 Å². The Hall–Kier alpha value is -2.04. The van der Waals surface area contributed by atoms with Gasteiger partial charge < -0.3 is 9.47 Å². The SMILES string of the molecule is COC1(OC)C=CC(=O)C=C1/C=C/c1cccc(F)c1. The third kappa shape index (κ3) is 2.92. The average molecular weight is 274 g/mol. The van der Waals surface area contributed by atoms with E-state index >= 15 is 0 Å². The van der Waals surface area contributed by atoms with E-state index in [9.17, 15) is 9.18 Å². The molecule has 1 aromatic carbocycles. The fourth-order valence-corrected chi connectivity index (χ4v) is 2.01. The Bertz CT molecular complexity index is 595. The number of benzene rings is 1. The topological polar surface area (TPSA) is 35.5 Å². The minimum Gasteiger partial charge on any atom is -0.346 e. The Labute approximate surface area is 117 Å². The molecular weight excluding hydrogens is 259 g/mol. The highest BCUT2D eigenvalue weighted by atomic mass is 19.1. The fraction of sp³-hybridized carbons (Fsp3) is 0.188. The molecule has 20 heavy (non-hydrogen) atoms. The maximum absolute atomic E-state index is 13.1. The number of ketones is 1. The zero-order valence-corrected chi connectivity index (χ0v) is 11.3. The van der Waals surface area contributed by atoms with Crippen molar-refractivity contribution >= 4 is 11.9 Å². The van der Waals surface area contributed by atoms with Crippen molar-refractivity contribution in [3.8, 4) is 0 Å². The van der Waals surface area contributed by atoms with Crippen LogP contribution in [0.1, 0.15) is 5.56 Å². The molecule has 0 aliphatic heterocycles. The molecule has 0 unspecified atom stereocenters. The van der Waals surface area contributed by atoms with E-state index in [0.717, 1.165) is 0 Å². The van der Waals surface area contributed by atoms with Gasteiger partial charge >= 0.3 is 0 Å². The van der Waals surface area contributed by atoms with E-state index in [-0.39, 0.29) is 11.6 Å². The molecule has 2 rings (SSSR count). The van der Waals surface area contributed by atoms with Gasteiger partial charge in [-0.2, -0.15) is 0 Å². The van der Waals surface area contributed by atoms with Gasteiger partial charge in [0.2, 0.25) is 5.79 Å². The van der Waals surface area contributed by atoms with Gasteiger partial charge in [0.1, 0.15) is 5.82 Å². The molecule has 0 saturated heterocycles. The van der Waals surface area contributed by atoms with Crippen LogP contribution in [0, 0.1) is 5.82 Å². The Morgan fingerprint density at radius 1 is 1.20 bits per heavy atom. The summed E-state index contributed by atoms with van der Waals surface area (Å²) in [6, 6.07) is 6.16. The summed E-state index contributed by atoms with van der Waals surface area (Å²) in [4.78, 5) is 11.5. The maximum atomic E-state index is 13.1. The molecule has 0 spiro atoms. The second kappa shape index (κ2) is 5.94. The molecule has 0 bridgehead atoms. The predicted octanol–water partition coefficient (Wildman–Crippen LogP) is 2.89. The number of hydrogen-bond acceptors (Lipinski definition) is 3. The molecular formula is C16H15FO3. The number of carbonyl (C=O) groups excluding carboxylic acids is 1. The van der Waals surface area contributed by atoms with Crippen LogP contribution in [0.2, 0.25) is 0 Å². The highest BCUT2D eigenvalue weighted by Gasteiger charge is 2.33. The smallest absolute Gasteiger partial charge is 0.215 e. The molecule has 1 aromatic rings. The zero-order valence-electron chi connectivity index (χ0n) is 11.3. The third-order valence-corrected chi connectivity index (χ3v) is 3.08. The minimum absolute atomic E-state index is 0.145. The van der Waals surface area contributed by atoms with Crippen LogP contribution < -0.4 is 0 Å². The van der Waals surface area contributed by atoms with Crippen LogP contribution in [0.4, 0.5) is 4.39 Å². The molecule has 1 aliphatic carbocycles. The van der Waals surface area contributed by atoms with Crippen molar-refractivity contribution in [2.45, 2.75) is 5.79 Å². The molecule has 0 atom stereocenters. The van der Waals surface area contributed by atoms with Crippen LogP contribution >= 0.6 is 0 Å². The molecule has 3 nitrogen and oxygen atoms in total. The van der Waals surface area contributed by atoms with Crippen molar-refractivity contribution in [3.63, 3.8) is 0 Å². The van der Waals surface area contributed by atoms with Gasteiger partial charge in [-0.1, -0.05) is 24.3 Å². The average Bonchev–Trinajstić information content (AvgIpc) is 2.46. The summed E-state index contributed by atoms with van der Waals surface area (Å²) in [7, 11) is 2.99. The Kier molecular flexibility index (Phi) is 4.27. The van der Waals surface area contributed by atoms with Gasteiger partial charge in [0.25, 0.3) is 0 Å². The molecule has 1 aliphatic rings. The largest absolute Gasteiger partial charge is 0.346 e. The summed E-state index contributed by atoms with van der Waals surface area (Å²) in [5.41, 5.74) is 1.24. The van der Waals surface area contributed by atoms with Crippen molar-refractivity contribution in [2.75, 3.05) is 14.2 Å². The lowest BCUT2D eigenvalue weighted by molar-refractivity contribution is -0.142. The van der Waals surface area contributed by atoms with Crippen molar-refractivity contribution in [1.29, 1.82) is 0 Å². The predicted molar refractivity (Wildman–Crippen MR) is 74.4 cm³/mol. The van der Waals surface area contributed by atoms with Gasteiger partial charge in [-0.05, 0) is 35.9 Å². The first-order valence-electron chi connectivity index (χ1n) is 6.09. The molecule has 104 valence electrons. The van der Waals surface area contributed by atoms with Gasteiger partial charge in [0.05, 0.1) is 0 Å². The molecule has 0 fully saturated rings. The van der Waals surface area contributed by atoms with Crippen molar-refractivity contribution in [3.05, 3.63) is 65.5 Å². The van der Waals surface area contributed by atoms with E-state index in [4.69, 9.17) is 9.47 Å². The van der Waals surface area contributed by atoms with E-state index in [1.165, 1.54) is 38.5 Å². The Morgan fingerprint density at radius 2 is 1.95 bits per heavy atom. The lowest BCUT2D eigenvalue weighted by Crippen LogP contribution is -2.35. The van der Waals surface area contributed by atoms with E-state index in [0.29, 0.717) is 11.1 Å². The summed E-state index contributed by atoms with van der Waals surface area (Å²) in [6.07, 6.45) is 7.77. The first-order chi connectivity index (χ1) is 9.59. The standard InChI is InChI=1S/C16H15FO3/c1-19-16(20-2)9-8-15(18)11-13(16)7-6-12-4-3-5-14(17)10-12/h3-11H,1-2H3/b7-6+. The number of carbonyl (C=O) groups is 1. The Morgan fingerprint density at radius 3 is 2.60 bits per heavy atom. The monoisotopic (exact) mass is 274 g/mol. The van der Waals surface area contributed by atoms with Crippen molar-refractivity contribution < 1.29 is 18.7 Å². The van der Waals surface area contributed by atoms with Crippen LogP contribution in [0.25, 0.3) is 6.08 Å². The number of ether oxygens (including phenoxy) is 2. The van der Waals surface area contributed by atoms with Gasteiger partial charge in [0.15, 0.2) is 5.78 Å². The van der Waals surface area contributed by atoms with Gasteiger partial charge in [-0.3, -0.25) is 4.79 Å². The molecule has 0 aromatic heterocycles. The first-order valence-corrected chi connectivity index (χ1v) is 6.09. The highest BCUT2D eigenvalue weighted by molar-refractivity contribution is 6.01. The third-order valence-electron chi connectivity index (χ3n) is 3.08. The number of allylic oxidation sites excluding steroid dienone is 2. The van der Waals surface area contributed by atoms with Crippen molar-refractivity contribution in [2.24, 2.45) is 0 Å². The first kappa shape index (κ1) is 14.4. The second-order valence-corrected chi connectivity index (χ2v) is 4.30. The molecule has 0 radical (unpaired) electrons. The molecule has 0 N–H and O–H groups in total. The summed E-state index contributed by atoms with van der Waals surface area (Å²) >= 11 is 0. The summed E-state index contributed by atoms with van der Waals surface area (Å²) in [6.45, 7) is 0. The van der Waals surface area contributed by atoms with E-state index in [1.54, 1.807) is 30.4 Å². The van der Waals surface area contributed by atoms with Crippen LogP contribution in [-0.4, -0.2) is 25.8 Å². The molecule has 0 saturated carbocycles. The van der Waals surface area contributed by atoms with Crippen LogP contribution in [-0.2, 0) is 14.3 Å². The Balaban J connectivity index is 2.32. The highest BCUT2D eigenvalue weighted by Crippen LogP contribution is 2.28. The van der Waals surface area contributed by atoms with Crippen LogP contribution in [0.5, 0.6) is 0 Å². The van der Waals surface area contributed by atoms with Gasteiger partial charge in [-0.15, -0.1) is 0 Å². The summed E-state index contributed by atoms with van der Waals surface area (Å²) < 4.78 is 23.8. The van der Waals surface area contributed by atoms with E-state index in [1.807, 2.05) is 0 Å². The number of halogens is 1. The van der Waals surface area contributed by atoms with Gasteiger partial charge in [0, 0.05) is 19.8 Å². The second-order valence-electron chi connectivity index (χ2n) is 4.30. The number of methoxy groups -OCH3 is 2. The van der Waals surface area contributed by atoms with Crippen molar-refractivity contribution in [1.82, 2.24) is 0 Å². The zero-order chi connectivity index (χ0) is 14.6. The van der Waals surface area contributed by atoms with Crippen LogP contribution in [0.3, 0.4) is 0 Å². The molecule has 0 amide bonds. The normalized spacial score (nSPS) is 17.6. The van der Waals surface area contributed by atoms with E-state index < -0.39 is 5.79 Å². The molecule has 0 heterocycles. The minimum atomic E-state index is -1.09. The fourth-order valence-electron chi connectivity index (χ4n) is 2.01. The number of hydrogen-bond donors (Lipinski definition) is 0. The lowest BCUT2D eigenvalue weighted by Gasteiger charge is -2.30. The van der Waals surface area contributed by atoms with Crippen LogP contribution in [0.15, 0.2) is 54.1 Å². The molecule has 4 heteroatoms. The maximum Gasteiger partial charge on any atom is 0.215 e. The lowest BCUT2D eigenvalue weighted by atomic mass is 9.97.